The highest BCUT2D eigenvalue weighted by Gasteiger charge is 2.16. The maximum absolute atomic E-state index is 11.1. The predicted molar refractivity (Wildman–Crippen MR) is 84.9 cm³/mol. The van der Waals surface area contributed by atoms with Crippen LogP contribution >= 0.6 is 22.6 Å². The molecule has 0 amide bonds. The van der Waals surface area contributed by atoms with Gasteiger partial charge in [0.1, 0.15) is 11.3 Å². The third-order valence-corrected chi connectivity index (χ3v) is 3.60. The molecule has 0 saturated heterocycles. The summed E-state index contributed by atoms with van der Waals surface area (Å²) < 4.78 is 6.40. The van der Waals surface area contributed by atoms with Crippen LogP contribution in [0, 0.1) is 20.3 Å². The Hall–Kier alpha value is -1.29. The van der Waals surface area contributed by atoms with Crippen molar-refractivity contribution >= 4 is 28.6 Å². The van der Waals surface area contributed by atoms with Crippen LogP contribution in [-0.4, -0.2) is 17.7 Å². The highest BCUT2D eigenvalue weighted by molar-refractivity contribution is 14.1. The largest absolute Gasteiger partial charge is 0.493 e. The fraction of sp³-hybridized carbons (Fsp3) is 0.467. The lowest BCUT2D eigenvalue weighted by Gasteiger charge is -2.14. The first kappa shape index (κ1) is 16.8. The SMILES string of the molecule is CC(C)(C#N)CCCCOc1ccc(I)cc1C(=O)O. The second-order valence-electron chi connectivity index (χ2n) is 5.25. The Kier molecular flexibility index (Phi) is 6.27. The average molecular weight is 387 g/mol. The fourth-order valence-corrected chi connectivity index (χ4v) is 2.19. The van der Waals surface area contributed by atoms with Crippen LogP contribution < -0.4 is 4.74 Å². The quantitative estimate of drug-likeness (QED) is 0.565. The molecule has 20 heavy (non-hydrogen) atoms. The van der Waals surface area contributed by atoms with Gasteiger partial charge < -0.3 is 9.84 Å². The molecule has 0 atom stereocenters. The number of ether oxygens (including phenoxy) is 1. The Bertz CT molecular complexity index is 520. The van der Waals surface area contributed by atoms with Crippen molar-refractivity contribution in [1.29, 1.82) is 5.26 Å². The standard InChI is InChI=1S/C15H18INO3/c1-15(2,10-17)7-3-4-8-20-13-6-5-11(16)9-12(13)14(18)19/h5-6,9H,3-4,7-8H2,1-2H3,(H,18,19). The average Bonchev–Trinajstić information content (AvgIpc) is 2.39. The van der Waals surface area contributed by atoms with Gasteiger partial charge in [-0.3, -0.25) is 0 Å². The van der Waals surface area contributed by atoms with Gasteiger partial charge in [0.15, 0.2) is 0 Å². The summed E-state index contributed by atoms with van der Waals surface area (Å²) in [5, 5.41) is 18.0. The summed E-state index contributed by atoms with van der Waals surface area (Å²) in [5.41, 5.74) is -0.121. The normalized spacial score (nSPS) is 10.9. The molecular formula is C15H18INO3. The number of carboxylic acid groups (broad SMARTS) is 1. The van der Waals surface area contributed by atoms with Crippen LogP contribution in [-0.2, 0) is 0 Å². The van der Waals surface area contributed by atoms with Crippen LogP contribution in [0.25, 0.3) is 0 Å². The maximum atomic E-state index is 11.1. The molecule has 0 fully saturated rings. The number of halogens is 1. The number of aromatic carboxylic acids is 1. The Balaban J connectivity index is 2.47. The molecule has 0 aliphatic rings. The van der Waals surface area contributed by atoms with Gasteiger partial charge in [-0.15, -0.1) is 0 Å². The van der Waals surface area contributed by atoms with Crippen molar-refractivity contribution in [3.63, 3.8) is 0 Å². The first-order valence-electron chi connectivity index (χ1n) is 6.42. The molecule has 0 aliphatic carbocycles. The molecular weight excluding hydrogens is 369 g/mol. The molecule has 1 aromatic rings. The number of hydrogen-bond acceptors (Lipinski definition) is 3. The summed E-state index contributed by atoms with van der Waals surface area (Å²) >= 11 is 2.07. The predicted octanol–water partition coefficient (Wildman–Crippen LogP) is 4.09. The summed E-state index contributed by atoms with van der Waals surface area (Å²) in [6.07, 6.45) is 2.49. The Morgan fingerprint density at radius 3 is 2.75 bits per heavy atom. The molecule has 4 nitrogen and oxygen atoms in total. The second kappa shape index (κ2) is 7.48. The summed E-state index contributed by atoms with van der Waals surface area (Å²) in [6, 6.07) is 7.36. The number of benzene rings is 1. The minimum atomic E-state index is -0.982. The molecule has 0 heterocycles. The van der Waals surface area contributed by atoms with Gasteiger partial charge in [-0.2, -0.15) is 5.26 Å². The van der Waals surface area contributed by atoms with Crippen molar-refractivity contribution < 1.29 is 14.6 Å². The van der Waals surface area contributed by atoms with Crippen molar-refractivity contribution in [1.82, 2.24) is 0 Å². The zero-order chi connectivity index (χ0) is 15.2. The van der Waals surface area contributed by atoms with E-state index in [4.69, 9.17) is 15.1 Å². The van der Waals surface area contributed by atoms with Crippen LogP contribution in [0.4, 0.5) is 0 Å². The zero-order valence-electron chi connectivity index (χ0n) is 11.6. The highest BCUT2D eigenvalue weighted by Crippen LogP contribution is 2.23. The van der Waals surface area contributed by atoms with E-state index in [1.165, 1.54) is 0 Å². The Morgan fingerprint density at radius 1 is 1.45 bits per heavy atom. The number of carboxylic acids is 1. The van der Waals surface area contributed by atoms with Gasteiger partial charge in [-0.25, -0.2) is 4.79 Å². The van der Waals surface area contributed by atoms with E-state index in [-0.39, 0.29) is 11.0 Å². The molecule has 0 saturated carbocycles. The first-order chi connectivity index (χ1) is 9.35. The molecule has 0 unspecified atom stereocenters. The molecule has 0 radical (unpaired) electrons. The molecule has 0 aliphatic heterocycles. The molecule has 108 valence electrons. The van der Waals surface area contributed by atoms with Gasteiger partial charge in [0, 0.05) is 3.57 Å². The van der Waals surface area contributed by atoms with Crippen LogP contribution in [0.3, 0.4) is 0 Å². The lowest BCUT2D eigenvalue weighted by Crippen LogP contribution is -2.09. The van der Waals surface area contributed by atoms with Crippen molar-refractivity contribution in [3.8, 4) is 11.8 Å². The molecule has 1 aromatic carbocycles. The summed E-state index contributed by atoms with van der Waals surface area (Å²) in [5.74, 6) is -0.582. The van der Waals surface area contributed by atoms with E-state index in [0.717, 1.165) is 22.8 Å². The van der Waals surface area contributed by atoms with Gasteiger partial charge in [-0.05, 0) is 73.9 Å². The lowest BCUT2D eigenvalue weighted by atomic mass is 9.89. The van der Waals surface area contributed by atoms with E-state index in [2.05, 4.69) is 28.7 Å². The molecule has 1 rings (SSSR count). The minimum Gasteiger partial charge on any atom is -0.493 e. The van der Waals surface area contributed by atoms with Crippen molar-refractivity contribution in [2.75, 3.05) is 6.61 Å². The van der Waals surface area contributed by atoms with E-state index in [1.807, 2.05) is 19.9 Å². The molecule has 0 aromatic heterocycles. The monoisotopic (exact) mass is 387 g/mol. The fourth-order valence-electron chi connectivity index (χ4n) is 1.70. The number of rotatable bonds is 7. The second-order valence-corrected chi connectivity index (χ2v) is 6.49. The Morgan fingerprint density at radius 2 is 2.15 bits per heavy atom. The first-order valence-corrected chi connectivity index (χ1v) is 7.50. The summed E-state index contributed by atoms with van der Waals surface area (Å²) in [7, 11) is 0. The summed E-state index contributed by atoms with van der Waals surface area (Å²) in [6.45, 7) is 4.29. The molecule has 0 spiro atoms. The van der Waals surface area contributed by atoms with Crippen molar-refractivity contribution in [3.05, 3.63) is 27.3 Å². The van der Waals surface area contributed by atoms with Crippen LogP contribution in [0.2, 0.25) is 0 Å². The van der Waals surface area contributed by atoms with Gasteiger partial charge >= 0.3 is 5.97 Å². The van der Waals surface area contributed by atoms with Crippen molar-refractivity contribution in [2.45, 2.75) is 33.1 Å². The Labute approximate surface area is 132 Å². The number of hydrogen-bond donors (Lipinski definition) is 1. The molecule has 1 N–H and O–H groups in total. The number of nitrogens with zero attached hydrogens (tertiary/aromatic N) is 1. The topological polar surface area (TPSA) is 70.3 Å². The van der Waals surface area contributed by atoms with Gasteiger partial charge in [0.05, 0.1) is 18.1 Å². The van der Waals surface area contributed by atoms with Gasteiger partial charge in [-0.1, -0.05) is 0 Å². The van der Waals surface area contributed by atoms with Crippen LogP contribution in [0.1, 0.15) is 43.5 Å². The maximum Gasteiger partial charge on any atom is 0.339 e. The van der Waals surface area contributed by atoms with E-state index < -0.39 is 5.97 Å². The van der Waals surface area contributed by atoms with Gasteiger partial charge in [0.2, 0.25) is 0 Å². The van der Waals surface area contributed by atoms with E-state index >= 15 is 0 Å². The zero-order valence-corrected chi connectivity index (χ0v) is 13.8. The van der Waals surface area contributed by atoms with E-state index in [1.54, 1.807) is 12.1 Å². The smallest absolute Gasteiger partial charge is 0.339 e. The molecule has 0 bridgehead atoms. The van der Waals surface area contributed by atoms with Gasteiger partial charge in [0.25, 0.3) is 0 Å². The lowest BCUT2D eigenvalue weighted by molar-refractivity contribution is 0.0692. The third-order valence-electron chi connectivity index (χ3n) is 2.93. The van der Waals surface area contributed by atoms with Crippen molar-refractivity contribution in [2.24, 2.45) is 5.41 Å². The van der Waals surface area contributed by atoms with Crippen LogP contribution in [0.5, 0.6) is 5.75 Å². The van der Waals surface area contributed by atoms with Crippen LogP contribution in [0.15, 0.2) is 18.2 Å². The third kappa shape index (κ3) is 5.37. The number of nitriles is 1. The highest BCUT2D eigenvalue weighted by atomic mass is 127. The minimum absolute atomic E-state index is 0.189. The number of carbonyl (C=O) groups is 1. The van der Waals surface area contributed by atoms with E-state index in [9.17, 15) is 4.79 Å². The van der Waals surface area contributed by atoms with E-state index in [0.29, 0.717) is 12.4 Å². The molecule has 5 heteroatoms. The number of unbranched alkanes of at least 4 members (excludes halogenated alkanes) is 1. The summed E-state index contributed by atoms with van der Waals surface area (Å²) in [4.78, 5) is 11.1.